The summed E-state index contributed by atoms with van der Waals surface area (Å²) in [7, 11) is 0. The van der Waals surface area contributed by atoms with Crippen molar-refractivity contribution in [3.05, 3.63) is 30.3 Å². The Balaban J connectivity index is 1.57. The number of anilines is 1. The first kappa shape index (κ1) is 10.2. The van der Waals surface area contributed by atoms with Crippen molar-refractivity contribution in [1.82, 2.24) is 0 Å². The van der Waals surface area contributed by atoms with E-state index in [9.17, 15) is 0 Å². The summed E-state index contributed by atoms with van der Waals surface area (Å²) in [6.45, 7) is 7.32. The van der Waals surface area contributed by atoms with Gasteiger partial charge < -0.3 is 4.90 Å². The van der Waals surface area contributed by atoms with Crippen molar-refractivity contribution in [2.75, 3.05) is 18.0 Å². The third-order valence-electron chi connectivity index (χ3n) is 4.51. The summed E-state index contributed by atoms with van der Waals surface area (Å²) in [4.78, 5) is 2.52. The Morgan fingerprint density at radius 2 is 1.75 bits per heavy atom. The van der Waals surface area contributed by atoms with Gasteiger partial charge in [-0.15, -0.1) is 0 Å². The van der Waals surface area contributed by atoms with E-state index in [0.29, 0.717) is 5.41 Å². The number of hydrogen-bond acceptors (Lipinski definition) is 1. The highest BCUT2D eigenvalue weighted by molar-refractivity contribution is 5.50. The minimum Gasteiger partial charge on any atom is -0.370 e. The molecule has 2 fully saturated rings. The van der Waals surface area contributed by atoms with Crippen LogP contribution in [0.2, 0.25) is 0 Å². The van der Waals surface area contributed by atoms with E-state index in [2.05, 4.69) is 49.1 Å². The maximum absolute atomic E-state index is 2.52. The lowest BCUT2D eigenvalue weighted by atomic mass is 9.55. The van der Waals surface area contributed by atoms with Gasteiger partial charge in [0.15, 0.2) is 0 Å². The second kappa shape index (κ2) is 3.51. The maximum atomic E-state index is 2.52. The average Bonchev–Trinajstić information content (AvgIpc) is 2.14. The van der Waals surface area contributed by atoms with Gasteiger partial charge >= 0.3 is 0 Å². The first-order chi connectivity index (χ1) is 7.69. The molecule has 1 aliphatic heterocycles. The van der Waals surface area contributed by atoms with Crippen LogP contribution in [-0.4, -0.2) is 13.1 Å². The number of hydrogen-bond donors (Lipinski definition) is 0. The quantitative estimate of drug-likeness (QED) is 0.729. The van der Waals surface area contributed by atoms with Crippen molar-refractivity contribution in [2.24, 2.45) is 17.3 Å². The average molecular weight is 215 g/mol. The molecule has 0 atom stereocenters. The number of rotatable bonds is 2. The summed E-state index contributed by atoms with van der Waals surface area (Å²) < 4.78 is 0. The van der Waals surface area contributed by atoms with Crippen LogP contribution >= 0.6 is 0 Å². The second-order valence-corrected chi connectivity index (χ2v) is 6.10. The number of para-hydroxylation sites is 1. The van der Waals surface area contributed by atoms with Crippen molar-refractivity contribution in [1.29, 1.82) is 0 Å². The van der Waals surface area contributed by atoms with Gasteiger partial charge in [0.25, 0.3) is 0 Å². The number of benzene rings is 1. The zero-order chi connectivity index (χ0) is 11.2. The molecule has 1 saturated carbocycles. The van der Waals surface area contributed by atoms with Crippen LogP contribution in [0.1, 0.15) is 26.7 Å². The van der Waals surface area contributed by atoms with Gasteiger partial charge in [-0.1, -0.05) is 32.0 Å². The lowest BCUT2D eigenvalue weighted by molar-refractivity contribution is -0.000535. The molecule has 16 heavy (non-hydrogen) atoms. The molecule has 1 spiro atoms. The highest BCUT2D eigenvalue weighted by Crippen LogP contribution is 2.54. The Morgan fingerprint density at radius 3 is 2.31 bits per heavy atom. The van der Waals surface area contributed by atoms with Crippen LogP contribution in [0.25, 0.3) is 0 Å². The van der Waals surface area contributed by atoms with Gasteiger partial charge in [-0.05, 0) is 36.8 Å². The van der Waals surface area contributed by atoms with E-state index < -0.39 is 0 Å². The minimum atomic E-state index is 0.699. The zero-order valence-electron chi connectivity index (χ0n) is 10.3. The van der Waals surface area contributed by atoms with Crippen LogP contribution in [0, 0.1) is 17.3 Å². The molecule has 1 aliphatic carbocycles. The van der Waals surface area contributed by atoms with Crippen molar-refractivity contribution in [3.8, 4) is 0 Å². The predicted molar refractivity (Wildman–Crippen MR) is 68.7 cm³/mol. The molecule has 2 aliphatic rings. The molecule has 0 N–H and O–H groups in total. The Bertz CT molecular complexity index is 354. The first-order valence-corrected chi connectivity index (χ1v) is 6.49. The van der Waals surface area contributed by atoms with E-state index in [1.807, 2.05) is 0 Å². The highest BCUT2D eigenvalue weighted by atomic mass is 15.2. The smallest absolute Gasteiger partial charge is 0.0366 e. The molecule has 1 heteroatoms. The predicted octanol–water partition coefficient (Wildman–Crippen LogP) is 3.56. The van der Waals surface area contributed by atoms with Gasteiger partial charge in [0.1, 0.15) is 0 Å². The van der Waals surface area contributed by atoms with Crippen molar-refractivity contribution >= 4 is 5.69 Å². The maximum Gasteiger partial charge on any atom is 0.0366 e. The van der Waals surface area contributed by atoms with Gasteiger partial charge in [0.2, 0.25) is 0 Å². The van der Waals surface area contributed by atoms with Crippen LogP contribution in [0.3, 0.4) is 0 Å². The topological polar surface area (TPSA) is 3.24 Å². The molecule has 86 valence electrons. The second-order valence-electron chi connectivity index (χ2n) is 6.10. The van der Waals surface area contributed by atoms with Crippen molar-refractivity contribution < 1.29 is 0 Å². The van der Waals surface area contributed by atoms with Gasteiger partial charge in [-0.3, -0.25) is 0 Å². The molecule has 0 amide bonds. The molecule has 1 heterocycles. The Morgan fingerprint density at radius 1 is 1.12 bits per heavy atom. The van der Waals surface area contributed by atoms with Gasteiger partial charge in [-0.25, -0.2) is 0 Å². The monoisotopic (exact) mass is 215 g/mol. The molecule has 0 bridgehead atoms. The molecular formula is C15H21N. The van der Waals surface area contributed by atoms with Crippen LogP contribution in [0.4, 0.5) is 5.69 Å². The Labute approximate surface area is 98.5 Å². The van der Waals surface area contributed by atoms with Crippen LogP contribution < -0.4 is 4.90 Å². The summed E-state index contributed by atoms with van der Waals surface area (Å²) >= 11 is 0. The Hall–Kier alpha value is -0.980. The van der Waals surface area contributed by atoms with Crippen molar-refractivity contribution in [2.45, 2.75) is 26.7 Å². The lowest BCUT2D eigenvalue weighted by Gasteiger charge is -2.61. The molecule has 1 nitrogen and oxygen atoms in total. The fourth-order valence-electron chi connectivity index (χ4n) is 3.37. The van der Waals surface area contributed by atoms with E-state index in [0.717, 1.165) is 11.8 Å². The molecule has 1 aromatic rings. The van der Waals surface area contributed by atoms with Crippen LogP contribution in [-0.2, 0) is 0 Å². The largest absolute Gasteiger partial charge is 0.370 e. The van der Waals surface area contributed by atoms with Crippen LogP contribution in [0.15, 0.2) is 30.3 Å². The van der Waals surface area contributed by atoms with Crippen LogP contribution in [0.5, 0.6) is 0 Å². The molecule has 1 saturated heterocycles. The third-order valence-corrected chi connectivity index (χ3v) is 4.51. The molecule has 0 unspecified atom stereocenters. The Kier molecular flexibility index (Phi) is 2.24. The zero-order valence-corrected chi connectivity index (χ0v) is 10.3. The summed E-state index contributed by atoms with van der Waals surface area (Å²) in [5.41, 5.74) is 2.10. The van der Waals surface area contributed by atoms with E-state index >= 15 is 0 Å². The number of nitrogens with zero attached hydrogens (tertiary/aromatic N) is 1. The van der Waals surface area contributed by atoms with Crippen molar-refractivity contribution in [3.63, 3.8) is 0 Å². The molecule has 0 aromatic heterocycles. The summed E-state index contributed by atoms with van der Waals surface area (Å²) in [6.07, 6.45) is 2.93. The minimum absolute atomic E-state index is 0.699. The fraction of sp³-hybridized carbons (Fsp3) is 0.600. The summed E-state index contributed by atoms with van der Waals surface area (Å²) in [6, 6.07) is 10.8. The molecule has 0 radical (unpaired) electrons. The standard InChI is InChI=1S/C15H21N/c1-12(2)13-8-15(9-13)10-16(11-15)14-6-4-3-5-7-14/h3-7,12-13H,8-11H2,1-2H3. The molecule has 3 rings (SSSR count). The van der Waals surface area contributed by atoms with E-state index in [1.165, 1.54) is 31.6 Å². The third kappa shape index (κ3) is 1.53. The van der Waals surface area contributed by atoms with E-state index in [4.69, 9.17) is 0 Å². The molecular weight excluding hydrogens is 194 g/mol. The SMILES string of the molecule is CC(C)C1CC2(C1)CN(c1ccccc1)C2. The van der Waals surface area contributed by atoms with Gasteiger partial charge in [0.05, 0.1) is 0 Å². The highest BCUT2D eigenvalue weighted by Gasteiger charge is 2.52. The first-order valence-electron chi connectivity index (χ1n) is 6.49. The fourth-order valence-corrected chi connectivity index (χ4v) is 3.37. The van der Waals surface area contributed by atoms with Gasteiger partial charge in [-0.2, -0.15) is 0 Å². The summed E-state index contributed by atoms with van der Waals surface area (Å²) in [5.74, 6) is 1.88. The van der Waals surface area contributed by atoms with E-state index in [-0.39, 0.29) is 0 Å². The summed E-state index contributed by atoms with van der Waals surface area (Å²) in [5, 5.41) is 0. The lowest BCUT2D eigenvalue weighted by Crippen LogP contribution is -2.63. The molecule has 1 aromatic carbocycles. The normalized spacial score (nSPS) is 23.3. The van der Waals surface area contributed by atoms with Gasteiger partial charge in [0, 0.05) is 24.2 Å². The van der Waals surface area contributed by atoms with E-state index in [1.54, 1.807) is 0 Å².